The van der Waals surface area contributed by atoms with Gasteiger partial charge in [0, 0.05) is 12.5 Å². The molecule has 1 unspecified atom stereocenters. The van der Waals surface area contributed by atoms with Gasteiger partial charge >= 0.3 is 5.97 Å². The van der Waals surface area contributed by atoms with Gasteiger partial charge in [0.2, 0.25) is 0 Å². The van der Waals surface area contributed by atoms with E-state index in [0.29, 0.717) is 30.6 Å². The smallest absolute Gasteiger partial charge is 0.322 e. The highest BCUT2D eigenvalue weighted by molar-refractivity contribution is 5.75. The summed E-state index contributed by atoms with van der Waals surface area (Å²) in [4.78, 5) is 11.7. The van der Waals surface area contributed by atoms with E-state index in [1.54, 1.807) is 7.11 Å². The molecule has 110 valence electrons. The van der Waals surface area contributed by atoms with E-state index in [0.717, 1.165) is 12.8 Å². The van der Waals surface area contributed by atoms with Gasteiger partial charge in [-0.05, 0) is 25.0 Å². The van der Waals surface area contributed by atoms with E-state index >= 15 is 0 Å². The summed E-state index contributed by atoms with van der Waals surface area (Å²) in [7, 11) is 3.01. The van der Waals surface area contributed by atoms with Crippen molar-refractivity contribution in [3.63, 3.8) is 0 Å². The van der Waals surface area contributed by atoms with Crippen LogP contribution >= 0.6 is 0 Å². The summed E-state index contributed by atoms with van der Waals surface area (Å²) in [6.07, 6.45) is 2.82. The van der Waals surface area contributed by atoms with Gasteiger partial charge in [0.1, 0.15) is 6.04 Å². The number of esters is 1. The third-order valence-corrected chi connectivity index (χ3v) is 3.23. The van der Waals surface area contributed by atoms with Crippen LogP contribution < -0.4 is 14.8 Å². The number of ether oxygens (including phenoxy) is 3. The van der Waals surface area contributed by atoms with Crippen molar-refractivity contribution in [2.75, 3.05) is 20.8 Å². The molecule has 2 rings (SSSR count). The van der Waals surface area contributed by atoms with Crippen molar-refractivity contribution in [3.05, 3.63) is 24.3 Å². The first-order chi connectivity index (χ1) is 9.74. The van der Waals surface area contributed by atoms with Crippen LogP contribution in [0.5, 0.6) is 11.5 Å². The van der Waals surface area contributed by atoms with Gasteiger partial charge in [0.15, 0.2) is 11.5 Å². The Labute approximate surface area is 119 Å². The number of carbonyl (C=O) groups excluding carboxylic acids is 1. The zero-order valence-electron chi connectivity index (χ0n) is 11.9. The van der Waals surface area contributed by atoms with Crippen LogP contribution in [0.2, 0.25) is 0 Å². The SMILES string of the molecule is COC(=O)C(CCOc1ccccc1OC)NC1CC1. The maximum atomic E-state index is 11.7. The van der Waals surface area contributed by atoms with Crippen molar-refractivity contribution in [1.82, 2.24) is 5.32 Å². The Morgan fingerprint density at radius 2 is 2.00 bits per heavy atom. The van der Waals surface area contributed by atoms with Crippen molar-refractivity contribution < 1.29 is 19.0 Å². The second kappa shape index (κ2) is 7.14. The minimum atomic E-state index is -0.304. The predicted octanol–water partition coefficient (Wildman–Crippen LogP) is 1.76. The van der Waals surface area contributed by atoms with Crippen LogP contribution in [0.1, 0.15) is 19.3 Å². The standard InChI is InChI=1S/C15H21NO4/c1-18-13-5-3-4-6-14(13)20-10-9-12(15(17)19-2)16-11-7-8-11/h3-6,11-12,16H,7-10H2,1-2H3. The molecule has 0 radical (unpaired) electrons. The molecule has 5 nitrogen and oxygen atoms in total. The van der Waals surface area contributed by atoms with Crippen molar-refractivity contribution in [2.24, 2.45) is 0 Å². The average molecular weight is 279 g/mol. The number of benzene rings is 1. The number of rotatable bonds is 8. The van der Waals surface area contributed by atoms with Crippen LogP contribution in [-0.4, -0.2) is 38.9 Å². The molecule has 1 aromatic rings. The Morgan fingerprint density at radius 3 is 2.60 bits per heavy atom. The van der Waals surface area contributed by atoms with Gasteiger partial charge in [-0.15, -0.1) is 0 Å². The Balaban J connectivity index is 1.84. The first-order valence-corrected chi connectivity index (χ1v) is 6.84. The summed E-state index contributed by atoms with van der Waals surface area (Å²) in [6.45, 7) is 0.430. The van der Waals surface area contributed by atoms with Gasteiger partial charge in [-0.3, -0.25) is 4.79 Å². The summed E-state index contributed by atoms with van der Waals surface area (Å²) in [5, 5.41) is 3.27. The summed E-state index contributed by atoms with van der Waals surface area (Å²) in [6, 6.07) is 7.61. The zero-order chi connectivity index (χ0) is 14.4. The van der Waals surface area contributed by atoms with Gasteiger partial charge < -0.3 is 19.5 Å². The Morgan fingerprint density at radius 1 is 1.30 bits per heavy atom. The van der Waals surface area contributed by atoms with Crippen LogP contribution in [0.15, 0.2) is 24.3 Å². The molecule has 20 heavy (non-hydrogen) atoms. The molecule has 0 spiro atoms. The number of carbonyl (C=O) groups is 1. The maximum absolute atomic E-state index is 11.7. The van der Waals surface area contributed by atoms with Gasteiger partial charge in [0.25, 0.3) is 0 Å². The van der Waals surface area contributed by atoms with Crippen molar-refractivity contribution in [1.29, 1.82) is 0 Å². The highest BCUT2D eigenvalue weighted by atomic mass is 16.5. The zero-order valence-corrected chi connectivity index (χ0v) is 11.9. The largest absolute Gasteiger partial charge is 0.493 e. The van der Waals surface area contributed by atoms with Crippen LogP contribution in [-0.2, 0) is 9.53 Å². The molecule has 1 N–H and O–H groups in total. The van der Waals surface area contributed by atoms with Crippen LogP contribution in [0, 0.1) is 0 Å². The third-order valence-electron chi connectivity index (χ3n) is 3.23. The Bertz CT molecular complexity index is 445. The van der Waals surface area contributed by atoms with Gasteiger partial charge in [-0.2, -0.15) is 0 Å². The molecule has 5 heteroatoms. The molecule has 0 heterocycles. The molecular weight excluding hydrogens is 258 g/mol. The van der Waals surface area contributed by atoms with Crippen molar-refractivity contribution in [3.8, 4) is 11.5 Å². The minimum absolute atomic E-state index is 0.236. The van der Waals surface area contributed by atoms with E-state index in [-0.39, 0.29) is 12.0 Å². The fourth-order valence-electron chi connectivity index (χ4n) is 1.97. The molecule has 1 saturated carbocycles. The predicted molar refractivity (Wildman–Crippen MR) is 75.1 cm³/mol. The highest BCUT2D eigenvalue weighted by Gasteiger charge is 2.28. The third kappa shape index (κ3) is 4.13. The molecule has 1 aliphatic rings. The second-order valence-electron chi connectivity index (χ2n) is 4.80. The van der Waals surface area contributed by atoms with E-state index in [1.807, 2.05) is 24.3 Å². The molecule has 1 atom stereocenters. The van der Waals surface area contributed by atoms with Crippen molar-refractivity contribution in [2.45, 2.75) is 31.3 Å². The van der Waals surface area contributed by atoms with Gasteiger partial charge in [0.05, 0.1) is 20.8 Å². The Hall–Kier alpha value is -1.75. The molecule has 1 aliphatic carbocycles. The fraction of sp³-hybridized carbons (Fsp3) is 0.533. The van der Waals surface area contributed by atoms with E-state index in [1.165, 1.54) is 7.11 Å². The average Bonchev–Trinajstić information content (AvgIpc) is 3.30. The number of hydrogen-bond donors (Lipinski definition) is 1. The number of nitrogens with one attached hydrogen (secondary N) is 1. The van der Waals surface area contributed by atoms with Crippen LogP contribution in [0.25, 0.3) is 0 Å². The molecule has 0 aliphatic heterocycles. The molecule has 1 fully saturated rings. The number of para-hydroxylation sites is 2. The summed E-state index contributed by atoms with van der Waals surface area (Å²) >= 11 is 0. The molecule has 0 aromatic heterocycles. The summed E-state index contributed by atoms with van der Waals surface area (Å²) in [5.74, 6) is 1.14. The molecular formula is C15H21NO4. The lowest BCUT2D eigenvalue weighted by Gasteiger charge is -2.17. The highest BCUT2D eigenvalue weighted by Crippen LogP contribution is 2.26. The topological polar surface area (TPSA) is 56.8 Å². The van der Waals surface area contributed by atoms with Crippen molar-refractivity contribution >= 4 is 5.97 Å². The molecule has 0 bridgehead atoms. The normalized spacial score (nSPS) is 15.5. The maximum Gasteiger partial charge on any atom is 0.322 e. The van der Waals surface area contributed by atoms with E-state index < -0.39 is 0 Å². The molecule has 0 amide bonds. The van der Waals surface area contributed by atoms with E-state index in [9.17, 15) is 4.79 Å². The summed E-state index contributed by atoms with van der Waals surface area (Å²) in [5.41, 5.74) is 0. The van der Waals surface area contributed by atoms with Gasteiger partial charge in [-0.25, -0.2) is 0 Å². The second-order valence-corrected chi connectivity index (χ2v) is 4.80. The monoisotopic (exact) mass is 279 g/mol. The summed E-state index contributed by atoms with van der Waals surface area (Å²) < 4.78 is 15.7. The van der Waals surface area contributed by atoms with Crippen LogP contribution in [0.3, 0.4) is 0 Å². The number of methoxy groups -OCH3 is 2. The molecule has 0 saturated heterocycles. The minimum Gasteiger partial charge on any atom is -0.493 e. The lowest BCUT2D eigenvalue weighted by atomic mass is 10.2. The van der Waals surface area contributed by atoms with E-state index in [2.05, 4.69) is 5.32 Å². The van der Waals surface area contributed by atoms with Gasteiger partial charge in [-0.1, -0.05) is 12.1 Å². The molecule has 1 aromatic carbocycles. The quantitative estimate of drug-likeness (QED) is 0.735. The first kappa shape index (κ1) is 14.7. The van der Waals surface area contributed by atoms with Crippen LogP contribution in [0.4, 0.5) is 0 Å². The Kier molecular flexibility index (Phi) is 5.24. The first-order valence-electron chi connectivity index (χ1n) is 6.84. The fourth-order valence-corrected chi connectivity index (χ4v) is 1.97. The number of hydrogen-bond acceptors (Lipinski definition) is 5. The lowest BCUT2D eigenvalue weighted by molar-refractivity contribution is -0.143. The van der Waals surface area contributed by atoms with E-state index in [4.69, 9.17) is 14.2 Å². The lowest BCUT2D eigenvalue weighted by Crippen LogP contribution is -2.40.